The Morgan fingerprint density at radius 2 is 2.17 bits per heavy atom. The molecule has 0 heterocycles. The minimum absolute atomic E-state index is 0.00316. The first-order chi connectivity index (χ1) is 11.5. The predicted octanol–water partition coefficient (Wildman–Crippen LogP) is 3.66. The Morgan fingerprint density at radius 3 is 2.79 bits per heavy atom. The Labute approximate surface area is 146 Å². The van der Waals surface area contributed by atoms with Crippen molar-refractivity contribution >= 4 is 23.6 Å². The standard InChI is InChI=1S/C18H21ClN2O3/c1-11-5-3-4-6-15(11)21-18(23)13(10-20)7-12-8-14(19)17(22)16(9-12)24-2/h7-9,11,15,22H,3-6H2,1-2H3,(H,21,23). The van der Waals surface area contributed by atoms with E-state index in [-0.39, 0.29) is 34.0 Å². The molecule has 2 N–H and O–H groups in total. The van der Waals surface area contributed by atoms with E-state index >= 15 is 0 Å². The summed E-state index contributed by atoms with van der Waals surface area (Å²) in [5.41, 5.74) is 0.509. The number of nitriles is 1. The number of halogens is 1. The molecule has 2 unspecified atom stereocenters. The number of phenolic OH excluding ortho intramolecular Hbond substituents is 1. The number of phenols is 1. The molecule has 1 aromatic carbocycles. The van der Waals surface area contributed by atoms with E-state index in [0.29, 0.717) is 11.5 Å². The smallest absolute Gasteiger partial charge is 0.262 e. The predicted molar refractivity (Wildman–Crippen MR) is 92.8 cm³/mol. The fraction of sp³-hybridized carbons (Fsp3) is 0.444. The van der Waals surface area contributed by atoms with Crippen molar-refractivity contribution in [3.8, 4) is 17.6 Å². The zero-order chi connectivity index (χ0) is 17.7. The van der Waals surface area contributed by atoms with Gasteiger partial charge in [-0.3, -0.25) is 4.79 Å². The molecular formula is C18H21ClN2O3. The highest BCUT2D eigenvalue weighted by molar-refractivity contribution is 6.32. The van der Waals surface area contributed by atoms with Crippen LogP contribution in [0, 0.1) is 17.2 Å². The van der Waals surface area contributed by atoms with Gasteiger partial charge in [-0.25, -0.2) is 0 Å². The van der Waals surface area contributed by atoms with Gasteiger partial charge in [0.15, 0.2) is 11.5 Å². The number of methoxy groups -OCH3 is 1. The summed E-state index contributed by atoms with van der Waals surface area (Å²) >= 11 is 5.94. The molecule has 1 fully saturated rings. The summed E-state index contributed by atoms with van der Waals surface area (Å²) in [7, 11) is 1.40. The number of nitrogens with zero attached hydrogens (tertiary/aromatic N) is 1. The molecule has 0 saturated heterocycles. The Kier molecular flexibility index (Phi) is 6.10. The monoisotopic (exact) mass is 348 g/mol. The number of hydrogen-bond donors (Lipinski definition) is 2. The number of aromatic hydroxyl groups is 1. The highest BCUT2D eigenvalue weighted by Crippen LogP contribution is 2.35. The first-order valence-electron chi connectivity index (χ1n) is 7.95. The molecular weight excluding hydrogens is 328 g/mol. The van der Waals surface area contributed by atoms with E-state index in [2.05, 4.69) is 12.2 Å². The third-order valence-electron chi connectivity index (χ3n) is 4.37. The summed E-state index contributed by atoms with van der Waals surface area (Å²) < 4.78 is 5.03. The molecule has 6 heteroatoms. The maximum atomic E-state index is 12.4. The van der Waals surface area contributed by atoms with E-state index in [1.54, 1.807) is 0 Å². The van der Waals surface area contributed by atoms with E-state index in [1.165, 1.54) is 31.7 Å². The molecule has 1 saturated carbocycles. The molecule has 2 atom stereocenters. The first-order valence-corrected chi connectivity index (χ1v) is 8.33. The molecule has 1 aromatic rings. The highest BCUT2D eigenvalue weighted by Gasteiger charge is 2.24. The zero-order valence-corrected chi connectivity index (χ0v) is 14.6. The third-order valence-corrected chi connectivity index (χ3v) is 4.66. The molecule has 0 spiro atoms. The van der Waals surface area contributed by atoms with E-state index in [0.717, 1.165) is 19.3 Å². The summed E-state index contributed by atoms with van der Waals surface area (Å²) in [6, 6.07) is 5.03. The van der Waals surface area contributed by atoms with Gasteiger partial charge in [0, 0.05) is 6.04 Å². The van der Waals surface area contributed by atoms with Gasteiger partial charge >= 0.3 is 0 Å². The number of benzene rings is 1. The van der Waals surface area contributed by atoms with Gasteiger partial charge in [0.1, 0.15) is 11.6 Å². The molecule has 128 valence electrons. The lowest BCUT2D eigenvalue weighted by Crippen LogP contribution is -2.41. The average Bonchev–Trinajstić information content (AvgIpc) is 2.57. The van der Waals surface area contributed by atoms with Gasteiger partial charge in [-0.2, -0.15) is 5.26 Å². The Bertz CT molecular complexity index is 694. The summed E-state index contributed by atoms with van der Waals surface area (Å²) in [4.78, 5) is 12.4. The van der Waals surface area contributed by atoms with Crippen molar-refractivity contribution in [1.82, 2.24) is 5.32 Å². The van der Waals surface area contributed by atoms with Crippen LogP contribution in [0.15, 0.2) is 17.7 Å². The molecule has 5 nitrogen and oxygen atoms in total. The number of hydrogen-bond acceptors (Lipinski definition) is 4. The van der Waals surface area contributed by atoms with Gasteiger partial charge in [-0.05, 0) is 42.5 Å². The van der Waals surface area contributed by atoms with Crippen LogP contribution in [0.5, 0.6) is 11.5 Å². The average molecular weight is 349 g/mol. The van der Waals surface area contributed by atoms with Crippen molar-refractivity contribution < 1.29 is 14.6 Å². The number of ether oxygens (including phenoxy) is 1. The molecule has 0 bridgehead atoms. The maximum Gasteiger partial charge on any atom is 0.262 e. The Morgan fingerprint density at radius 1 is 1.46 bits per heavy atom. The van der Waals surface area contributed by atoms with Crippen LogP contribution in [-0.4, -0.2) is 24.2 Å². The summed E-state index contributed by atoms with van der Waals surface area (Å²) in [6.45, 7) is 2.12. The van der Waals surface area contributed by atoms with Crippen molar-refractivity contribution in [1.29, 1.82) is 5.26 Å². The number of rotatable bonds is 4. The van der Waals surface area contributed by atoms with Gasteiger partial charge < -0.3 is 15.2 Å². The maximum absolute atomic E-state index is 12.4. The first kappa shape index (κ1) is 18.2. The van der Waals surface area contributed by atoms with Crippen LogP contribution in [0.3, 0.4) is 0 Å². The topological polar surface area (TPSA) is 82.3 Å². The van der Waals surface area contributed by atoms with E-state index < -0.39 is 0 Å². The number of carbonyl (C=O) groups is 1. The van der Waals surface area contributed by atoms with Crippen LogP contribution in [0.2, 0.25) is 5.02 Å². The molecule has 0 aromatic heterocycles. The molecule has 24 heavy (non-hydrogen) atoms. The lowest BCUT2D eigenvalue weighted by molar-refractivity contribution is -0.118. The van der Waals surface area contributed by atoms with Crippen LogP contribution < -0.4 is 10.1 Å². The quantitative estimate of drug-likeness (QED) is 0.642. The Hall–Kier alpha value is -2.19. The lowest BCUT2D eigenvalue weighted by atomic mass is 9.86. The minimum atomic E-state index is -0.389. The molecule has 0 radical (unpaired) electrons. The summed E-state index contributed by atoms with van der Waals surface area (Å²) in [5.74, 6) is 0.0351. The van der Waals surface area contributed by atoms with E-state index in [4.69, 9.17) is 16.3 Å². The van der Waals surface area contributed by atoms with Gasteiger partial charge in [0.25, 0.3) is 5.91 Å². The second-order valence-corrected chi connectivity index (χ2v) is 6.47. The van der Waals surface area contributed by atoms with Crippen molar-refractivity contribution in [2.24, 2.45) is 5.92 Å². The fourth-order valence-corrected chi connectivity index (χ4v) is 3.14. The van der Waals surface area contributed by atoms with Crippen LogP contribution in [0.25, 0.3) is 6.08 Å². The third kappa shape index (κ3) is 4.21. The number of amides is 1. The van der Waals surface area contributed by atoms with Crippen molar-refractivity contribution in [3.63, 3.8) is 0 Å². The SMILES string of the molecule is COc1cc(C=C(C#N)C(=O)NC2CCCCC2C)cc(Cl)c1O. The van der Waals surface area contributed by atoms with Gasteiger partial charge in [0.05, 0.1) is 12.1 Å². The van der Waals surface area contributed by atoms with Crippen LogP contribution >= 0.6 is 11.6 Å². The van der Waals surface area contributed by atoms with Crippen LogP contribution in [-0.2, 0) is 4.79 Å². The highest BCUT2D eigenvalue weighted by atomic mass is 35.5. The normalized spacial score (nSPS) is 21.0. The Balaban J connectivity index is 2.21. The summed E-state index contributed by atoms with van der Waals surface area (Å²) in [5, 5.41) is 22.1. The van der Waals surface area contributed by atoms with E-state index in [9.17, 15) is 15.2 Å². The van der Waals surface area contributed by atoms with E-state index in [1.807, 2.05) is 6.07 Å². The second kappa shape index (κ2) is 8.07. The lowest BCUT2D eigenvalue weighted by Gasteiger charge is -2.29. The molecule has 0 aliphatic heterocycles. The number of nitrogens with one attached hydrogen (secondary N) is 1. The van der Waals surface area contributed by atoms with Gasteiger partial charge in [0.2, 0.25) is 0 Å². The van der Waals surface area contributed by atoms with Crippen LogP contribution in [0.4, 0.5) is 0 Å². The molecule has 1 amide bonds. The van der Waals surface area contributed by atoms with Crippen molar-refractivity contribution in [3.05, 3.63) is 28.3 Å². The largest absolute Gasteiger partial charge is 0.503 e. The number of carbonyl (C=O) groups excluding carboxylic acids is 1. The van der Waals surface area contributed by atoms with Crippen molar-refractivity contribution in [2.75, 3.05) is 7.11 Å². The fourth-order valence-electron chi connectivity index (χ4n) is 2.92. The molecule has 1 aliphatic rings. The molecule has 1 aliphatic carbocycles. The van der Waals surface area contributed by atoms with Gasteiger partial charge in [-0.1, -0.05) is 31.4 Å². The summed E-state index contributed by atoms with van der Waals surface area (Å²) in [6.07, 6.45) is 5.73. The van der Waals surface area contributed by atoms with Crippen molar-refractivity contribution in [2.45, 2.75) is 38.6 Å². The minimum Gasteiger partial charge on any atom is -0.503 e. The van der Waals surface area contributed by atoms with Gasteiger partial charge in [-0.15, -0.1) is 0 Å². The van der Waals surface area contributed by atoms with Crippen LogP contribution in [0.1, 0.15) is 38.2 Å². The zero-order valence-electron chi connectivity index (χ0n) is 13.8. The second-order valence-electron chi connectivity index (χ2n) is 6.07. The molecule has 2 rings (SSSR count).